The number of hydrazine groups is 2. The number of carbonyl (C=O) groups is 1. The van der Waals surface area contributed by atoms with E-state index in [9.17, 15) is 18.0 Å². The number of likely N-dealkylation sites (tertiary alicyclic amines) is 1. The van der Waals surface area contributed by atoms with Crippen LogP contribution in [-0.2, 0) is 19.8 Å². The quantitative estimate of drug-likeness (QED) is 0.332. The molecule has 0 atom stereocenters. The Hall–Kier alpha value is -3.58. The first-order valence-electron chi connectivity index (χ1n) is 14.0. The van der Waals surface area contributed by atoms with Crippen molar-refractivity contribution in [2.24, 2.45) is 7.05 Å². The van der Waals surface area contributed by atoms with Crippen molar-refractivity contribution in [2.75, 3.05) is 37.5 Å². The van der Waals surface area contributed by atoms with Gasteiger partial charge < -0.3 is 15.6 Å². The first-order valence-corrected chi connectivity index (χ1v) is 14.4. The Labute approximate surface area is 254 Å². The van der Waals surface area contributed by atoms with Crippen molar-refractivity contribution in [1.29, 1.82) is 0 Å². The van der Waals surface area contributed by atoms with Crippen LogP contribution in [0.3, 0.4) is 0 Å². The number of nitrogens with zero attached hydrogens (tertiary/aromatic N) is 5. The normalized spacial score (nSPS) is 16.5. The summed E-state index contributed by atoms with van der Waals surface area (Å²) in [5, 5.41) is 8.37. The lowest BCUT2D eigenvalue weighted by molar-refractivity contribution is -0.137. The number of carbonyl (C=O) groups excluding carboxylic acids is 1. The van der Waals surface area contributed by atoms with Gasteiger partial charge in [0.25, 0.3) is 5.91 Å². The van der Waals surface area contributed by atoms with E-state index in [-0.39, 0.29) is 22.8 Å². The Kier molecular flexibility index (Phi) is 8.75. The largest absolute Gasteiger partial charge is 0.417 e. The Bertz CT molecular complexity index is 1540. The zero-order valence-electron chi connectivity index (χ0n) is 24.8. The average molecular weight is 617 g/mol. The number of aromatic nitrogens is 2. The Morgan fingerprint density at radius 3 is 2.51 bits per heavy atom. The zero-order chi connectivity index (χ0) is 31.1. The maximum Gasteiger partial charge on any atom is 0.417 e. The molecule has 3 aromatic rings. The Balaban J connectivity index is 1.37. The summed E-state index contributed by atoms with van der Waals surface area (Å²) in [7, 11) is 5.93. The van der Waals surface area contributed by atoms with Crippen molar-refractivity contribution in [2.45, 2.75) is 45.5 Å². The molecule has 9 nitrogen and oxygen atoms in total. The molecule has 13 heteroatoms. The molecule has 3 N–H and O–H groups in total. The predicted molar refractivity (Wildman–Crippen MR) is 162 cm³/mol. The lowest BCUT2D eigenvalue weighted by Crippen LogP contribution is -2.41. The summed E-state index contributed by atoms with van der Waals surface area (Å²) in [5.41, 5.74) is 10.2. The van der Waals surface area contributed by atoms with Crippen LogP contribution in [0, 0.1) is 13.8 Å². The van der Waals surface area contributed by atoms with Gasteiger partial charge in [-0.25, -0.2) is 0 Å². The second-order valence-electron chi connectivity index (χ2n) is 11.3. The number of benzene rings is 2. The van der Waals surface area contributed by atoms with Gasteiger partial charge in [-0.05, 0) is 89.3 Å². The number of hydrogen-bond donors (Lipinski definition) is 3. The van der Waals surface area contributed by atoms with Gasteiger partial charge in [-0.15, -0.1) is 5.53 Å². The van der Waals surface area contributed by atoms with E-state index >= 15 is 0 Å². The third-order valence-corrected chi connectivity index (χ3v) is 8.66. The van der Waals surface area contributed by atoms with Crippen LogP contribution in [0.5, 0.6) is 0 Å². The Morgan fingerprint density at radius 1 is 1.16 bits per heavy atom. The van der Waals surface area contributed by atoms with Gasteiger partial charge in [0, 0.05) is 48.3 Å². The van der Waals surface area contributed by atoms with Crippen LogP contribution < -0.4 is 21.3 Å². The van der Waals surface area contributed by atoms with Crippen LogP contribution in [0.4, 0.5) is 24.5 Å². The summed E-state index contributed by atoms with van der Waals surface area (Å²) in [6.07, 6.45) is 0.784. The molecule has 43 heavy (non-hydrogen) atoms. The predicted octanol–water partition coefficient (Wildman–Crippen LogP) is 5.32. The zero-order valence-corrected chi connectivity index (χ0v) is 25.6. The van der Waals surface area contributed by atoms with Gasteiger partial charge >= 0.3 is 6.18 Å². The lowest BCUT2D eigenvalue weighted by Gasteiger charge is -2.35. The molecule has 3 heterocycles. The second-order valence-corrected chi connectivity index (χ2v) is 11.7. The van der Waals surface area contributed by atoms with Crippen LogP contribution in [0.15, 0.2) is 42.7 Å². The van der Waals surface area contributed by atoms with E-state index in [1.165, 1.54) is 0 Å². The summed E-state index contributed by atoms with van der Waals surface area (Å²) >= 11 is 6.30. The Morgan fingerprint density at radius 2 is 1.88 bits per heavy atom. The number of rotatable bonds is 7. The van der Waals surface area contributed by atoms with E-state index < -0.39 is 17.6 Å². The van der Waals surface area contributed by atoms with Gasteiger partial charge in [0.2, 0.25) is 0 Å². The molecule has 1 saturated heterocycles. The minimum Gasteiger partial charge on any atom is -0.322 e. The van der Waals surface area contributed by atoms with Gasteiger partial charge in [0.05, 0.1) is 28.2 Å². The van der Waals surface area contributed by atoms with Crippen molar-refractivity contribution < 1.29 is 18.0 Å². The van der Waals surface area contributed by atoms with E-state index in [0.717, 1.165) is 54.5 Å². The fourth-order valence-electron chi connectivity index (χ4n) is 5.47. The fraction of sp³-hybridized carbons (Fsp3) is 0.400. The summed E-state index contributed by atoms with van der Waals surface area (Å²) < 4.78 is 43.8. The summed E-state index contributed by atoms with van der Waals surface area (Å²) in [5.74, 6) is -0.533. The molecule has 2 aliphatic heterocycles. The maximum atomic E-state index is 14.0. The van der Waals surface area contributed by atoms with E-state index in [1.54, 1.807) is 40.2 Å². The molecule has 230 valence electrons. The van der Waals surface area contributed by atoms with Crippen molar-refractivity contribution in [3.05, 3.63) is 81.3 Å². The topological polar surface area (TPSA) is 80.7 Å². The third-order valence-electron chi connectivity index (χ3n) is 8.22. The molecule has 0 bridgehead atoms. The first kappa shape index (κ1) is 30.9. The van der Waals surface area contributed by atoms with Crippen molar-refractivity contribution in [1.82, 2.24) is 30.5 Å². The summed E-state index contributed by atoms with van der Waals surface area (Å²) in [4.78, 5) is 17.6. The molecule has 1 fully saturated rings. The van der Waals surface area contributed by atoms with Gasteiger partial charge in [0.15, 0.2) is 0 Å². The number of piperidine rings is 1. The smallest absolute Gasteiger partial charge is 0.322 e. The second kappa shape index (κ2) is 12.2. The minimum absolute atomic E-state index is 0.0391. The van der Waals surface area contributed by atoms with Crippen LogP contribution in [-0.4, -0.2) is 58.7 Å². The van der Waals surface area contributed by atoms with Gasteiger partial charge in [-0.1, -0.05) is 17.7 Å². The first-order chi connectivity index (χ1) is 20.3. The SMILES string of the molecule is Cc1ccc(C(=O)Nc2cc(CN3CCC(N(C)C)CC3)c(Cl)c(C(F)(F)F)c2)cc1N1C=C(c2cnn(C)c2C)NN1. The minimum atomic E-state index is -4.67. The molecule has 1 amide bonds. The number of anilines is 2. The van der Waals surface area contributed by atoms with Gasteiger partial charge in [-0.2, -0.15) is 18.3 Å². The molecule has 0 unspecified atom stereocenters. The van der Waals surface area contributed by atoms with E-state index in [0.29, 0.717) is 17.3 Å². The highest BCUT2D eigenvalue weighted by Gasteiger charge is 2.35. The average Bonchev–Trinajstić information content (AvgIpc) is 3.56. The number of nitrogens with one attached hydrogen (secondary N) is 3. The molecule has 0 radical (unpaired) electrons. The third kappa shape index (κ3) is 6.67. The molecule has 0 saturated carbocycles. The van der Waals surface area contributed by atoms with Gasteiger partial charge in [-0.3, -0.25) is 19.4 Å². The van der Waals surface area contributed by atoms with Gasteiger partial charge in [0.1, 0.15) is 0 Å². The number of amides is 1. The van der Waals surface area contributed by atoms with Crippen LogP contribution in [0.2, 0.25) is 5.02 Å². The highest BCUT2D eigenvalue weighted by atomic mass is 35.5. The fourth-order valence-corrected chi connectivity index (χ4v) is 5.75. The van der Waals surface area contributed by atoms with Crippen molar-refractivity contribution in [3.8, 4) is 0 Å². The van der Waals surface area contributed by atoms with Crippen LogP contribution >= 0.6 is 11.6 Å². The van der Waals surface area contributed by atoms with E-state index in [2.05, 4.69) is 31.2 Å². The number of hydrogen-bond acceptors (Lipinski definition) is 7. The molecule has 5 rings (SSSR count). The highest BCUT2D eigenvalue weighted by Crippen LogP contribution is 2.39. The molecular formula is C30H36ClF3N8O. The number of halogens is 4. The summed E-state index contributed by atoms with van der Waals surface area (Å²) in [6, 6.07) is 8.00. The van der Waals surface area contributed by atoms with Crippen LogP contribution in [0.1, 0.15) is 51.1 Å². The van der Waals surface area contributed by atoms with E-state index in [1.807, 2.05) is 41.2 Å². The molecule has 1 aromatic heterocycles. The maximum absolute atomic E-state index is 14.0. The molecular weight excluding hydrogens is 581 g/mol. The van der Waals surface area contributed by atoms with Crippen molar-refractivity contribution in [3.63, 3.8) is 0 Å². The molecule has 2 aromatic carbocycles. The number of alkyl halides is 3. The van der Waals surface area contributed by atoms with Crippen LogP contribution in [0.25, 0.3) is 5.70 Å². The molecule has 0 spiro atoms. The van der Waals surface area contributed by atoms with E-state index in [4.69, 9.17) is 11.6 Å². The monoisotopic (exact) mass is 616 g/mol. The number of aryl methyl sites for hydroxylation is 2. The molecule has 2 aliphatic rings. The highest BCUT2D eigenvalue weighted by molar-refractivity contribution is 6.32. The molecule has 0 aliphatic carbocycles. The summed E-state index contributed by atoms with van der Waals surface area (Å²) in [6.45, 7) is 5.63. The standard InChI is InChI=1S/C30H36ClF3N8O/c1-18-6-7-20(13-27(18)42-17-26(37-38-42)24-15-35-40(5)19(24)2)29(43)36-22-12-21(28(31)25(14-22)30(32,33)34)16-41-10-8-23(9-11-41)39(3)4/h6-7,12-15,17,23,37-38H,8-11,16H2,1-5H3,(H,36,43). The lowest BCUT2D eigenvalue weighted by atomic mass is 10.0. The van der Waals surface area contributed by atoms with Crippen molar-refractivity contribution >= 4 is 34.6 Å².